The summed E-state index contributed by atoms with van der Waals surface area (Å²) in [5.41, 5.74) is 1.06. The van der Waals surface area contributed by atoms with E-state index in [0.717, 1.165) is 5.56 Å². The third kappa shape index (κ3) is 2.69. The van der Waals surface area contributed by atoms with E-state index in [2.05, 4.69) is 0 Å². The normalized spacial score (nSPS) is 21.3. The van der Waals surface area contributed by atoms with Crippen LogP contribution in [0.3, 0.4) is 0 Å². The van der Waals surface area contributed by atoms with Crippen molar-refractivity contribution < 1.29 is 19.8 Å². The van der Waals surface area contributed by atoms with Crippen molar-refractivity contribution >= 4 is 11.9 Å². The van der Waals surface area contributed by atoms with Gasteiger partial charge < -0.3 is 10.2 Å². The monoisotopic (exact) mass is 300 g/mol. The van der Waals surface area contributed by atoms with Crippen LogP contribution in [0.1, 0.15) is 44.2 Å². The van der Waals surface area contributed by atoms with E-state index >= 15 is 0 Å². The Bertz CT molecular complexity index is 682. The first-order chi connectivity index (χ1) is 10.3. The van der Waals surface area contributed by atoms with Gasteiger partial charge in [-0.3, -0.25) is 4.79 Å². The van der Waals surface area contributed by atoms with E-state index < -0.39 is 17.4 Å². The van der Waals surface area contributed by atoms with E-state index in [-0.39, 0.29) is 17.9 Å². The molecule has 0 heterocycles. The molecule has 0 aromatic heterocycles. The van der Waals surface area contributed by atoms with Crippen LogP contribution in [0.25, 0.3) is 0 Å². The maximum absolute atomic E-state index is 12.1. The van der Waals surface area contributed by atoms with E-state index in [4.69, 9.17) is 0 Å². The molecule has 1 unspecified atom stereocenters. The highest BCUT2D eigenvalue weighted by molar-refractivity contribution is 5.93. The summed E-state index contributed by atoms with van der Waals surface area (Å²) in [5.74, 6) is -1.94. The quantitative estimate of drug-likeness (QED) is 0.892. The van der Waals surface area contributed by atoms with Crippen molar-refractivity contribution in [3.8, 4) is 0 Å². The summed E-state index contributed by atoms with van der Waals surface area (Å²) in [7, 11) is 0. The topological polar surface area (TPSA) is 74.6 Å². The Morgan fingerprint density at radius 2 is 1.82 bits per heavy atom. The third-order valence-electron chi connectivity index (χ3n) is 4.07. The number of carboxylic acid groups (broad SMARTS) is 2. The summed E-state index contributed by atoms with van der Waals surface area (Å²) in [6.45, 7) is 5.74. The fourth-order valence-electron chi connectivity index (χ4n) is 3.08. The van der Waals surface area contributed by atoms with Gasteiger partial charge in [0, 0.05) is 12.0 Å². The molecule has 116 valence electrons. The molecular formula is C18H20O4. The zero-order chi connectivity index (χ0) is 16.5. The van der Waals surface area contributed by atoms with Crippen LogP contribution in [0.15, 0.2) is 47.6 Å². The second-order valence-electron chi connectivity index (χ2n) is 6.06. The van der Waals surface area contributed by atoms with Gasteiger partial charge in [0.2, 0.25) is 0 Å². The zero-order valence-electron chi connectivity index (χ0n) is 13.0. The average Bonchev–Trinajstić information content (AvgIpc) is 2.46. The zero-order valence-corrected chi connectivity index (χ0v) is 13.0. The molecule has 2 rings (SSSR count). The van der Waals surface area contributed by atoms with E-state index in [0.29, 0.717) is 11.1 Å². The Hall–Kier alpha value is -2.36. The summed E-state index contributed by atoms with van der Waals surface area (Å²) < 4.78 is 0. The number of rotatable bonds is 4. The Kier molecular flexibility index (Phi) is 4.22. The first-order valence-corrected chi connectivity index (χ1v) is 7.24. The van der Waals surface area contributed by atoms with E-state index in [1.54, 1.807) is 31.2 Å². The van der Waals surface area contributed by atoms with Crippen LogP contribution >= 0.6 is 0 Å². The van der Waals surface area contributed by atoms with Crippen molar-refractivity contribution in [2.24, 2.45) is 0 Å². The summed E-state index contributed by atoms with van der Waals surface area (Å²) in [5, 5.41) is 19.2. The number of allylic oxidation sites excluding steroid dienone is 2. The highest BCUT2D eigenvalue weighted by Gasteiger charge is 2.43. The maximum Gasteiger partial charge on any atom is 0.331 e. The van der Waals surface area contributed by atoms with Gasteiger partial charge in [-0.15, -0.1) is 0 Å². The summed E-state index contributed by atoms with van der Waals surface area (Å²) in [6, 6.07) is 7.38. The van der Waals surface area contributed by atoms with Gasteiger partial charge in [-0.1, -0.05) is 49.8 Å². The minimum Gasteiger partial charge on any atom is -0.480 e. The minimum absolute atomic E-state index is 0.0429. The van der Waals surface area contributed by atoms with Crippen molar-refractivity contribution in [3.05, 3.63) is 58.7 Å². The number of carboxylic acids is 2. The molecule has 0 bridgehead atoms. The standard InChI is InChI=1S/C18H20O4/c1-11(2)14-6-4-5-7-15(14)18(17(21)22)9-12(3)8-13(10-18)16(19)20/h4-9,11H,10H2,1-3H3,(H,19,20)(H,21,22). The van der Waals surface area contributed by atoms with Crippen LogP contribution in [0.4, 0.5) is 0 Å². The molecule has 0 saturated carbocycles. The molecule has 4 nitrogen and oxygen atoms in total. The van der Waals surface area contributed by atoms with Gasteiger partial charge in [0.25, 0.3) is 0 Å². The van der Waals surface area contributed by atoms with Gasteiger partial charge in [0.05, 0.1) is 0 Å². The SMILES string of the molecule is CC1=CC(C(=O)O)(c2ccccc2C(C)C)CC(C(=O)O)=C1. The molecular weight excluding hydrogens is 280 g/mol. The predicted molar refractivity (Wildman–Crippen MR) is 83.9 cm³/mol. The molecule has 1 aliphatic rings. The average molecular weight is 300 g/mol. The lowest BCUT2D eigenvalue weighted by Gasteiger charge is -2.33. The molecule has 0 radical (unpaired) electrons. The van der Waals surface area contributed by atoms with Crippen LogP contribution < -0.4 is 0 Å². The number of carbonyl (C=O) groups is 2. The van der Waals surface area contributed by atoms with Gasteiger partial charge in [0.1, 0.15) is 5.41 Å². The smallest absolute Gasteiger partial charge is 0.331 e. The number of aliphatic carboxylic acids is 2. The molecule has 1 atom stereocenters. The molecule has 0 aliphatic heterocycles. The molecule has 0 amide bonds. The Labute approximate surface area is 129 Å². The summed E-state index contributed by atoms with van der Waals surface area (Å²) >= 11 is 0. The first-order valence-electron chi connectivity index (χ1n) is 7.24. The third-order valence-corrected chi connectivity index (χ3v) is 4.07. The number of hydrogen-bond acceptors (Lipinski definition) is 2. The lowest BCUT2D eigenvalue weighted by atomic mass is 9.69. The van der Waals surface area contributed by atoms with Crippen LogP contribution in [-0.2, 0) is 15.0 Å². The Morgan fingerprint density at radius 3 is 2.36 bits per heavy atom. The maximum atomic E-state index is 12.1. The predicted octanol–water partition coefficient (Wildman–Crippen LogP) is 3.49. The van der Waals surface area contributed by atoms with Crippen LogP contribution in [0.2, 0.25) is 0 Å². The van der Waals surface area contributed by atoms with Crippen LogP contribution in [0.5, 0.6) is 0 Å². The molecule has 22 heavy (non-hydrogen) atoms. The van der Waals surface area contributed by atoms with Gasteiger partial charge in [-0.25, -0.2) is 4.79 Å². The van der Waals surface area contributed by atoms with Gasteiger partial charge in [0.15, 0.2) is 0 Å². The van der Waals surface area contributed by atoms with Crippen molar-refractivity contribution in [2.75, 3.05) is 0 Å². The molecule has 4 heteroatoms. The van der Waals surface area contributed by atoms with Crippen molar-refractivity contribution in [3.63, 3.8) is 0 Å². The second kappa shape index (κ2) is 5.79. The van der Waals surface area contributed by atoms with Crippen LogP contribution in [-0.4, -0.2) is 22.2 Å². The highest BCUT2D eigenvalue weighted by Crippen LogP contribution is 2.41. The Balaban J connectivity index is 2.69. The minimum atomic E-state index is -1.33. The van der Waals surface area contributed by atoms with Crippen LogP contribution in [0, 0.1) is 0 Å². The fourth-order valence-corrected chi connectivity index (χ4v) is 3.08. The summed E-state index contributed by atoms with van der Waals surface area (Å²) in [4.78, 5) is 23.5. The van der Waals surface area contributed by atoms with E-state index in [9.17, 15) is 19.8 Å². The molecule has 1 aromatic carbocycles. The van der Waals surface area contributed by atoms with E-state index in [1.807, 2.05) is 26.0 Å². The number of benzene rings is 1. The van der Waals surface area contributed by atoms with Crippen molar-refractivity contribution in [1.82, 2.24) is 0 Å². The molecule has 1 aliphatic carbocycles. The number of hydrogen-bond donors (Lipinski definition) is 2. The second-order valence-corrected chi connectivity index (χ2v) is 6.06. The largest absolute Gasteiger partial charge is 0.480 e. The molecule has 0 spiro atoms. The van der Waals surface area contributed by atoms with Gasteiger partial charge in [-0.2, -0.15) is 0 Å². The van der Waals surface area contributed by atoms with Gasteiger partial charge in [-0.05, 0) is 30.0 Å². The van der Waals surface area contributed by atoms with Crippen molar-refractivity contribution in [2.45, 2.75) is 38.5 Å². The summed E-state index contributed by atoms with van der Waals surface area (Å²) in [6.07, 6.45) is 3.17. The lowest BCUT2D eigenvalue weighted by molar-refractivity contribution is -0.142. The molecule has 0 fully saturated rings. The molecule has 1 aromatic rings. The van der Waals surface area contributed by atoms with Crippen molar-refractivity contribution in [1.29, 1.82) is 0 Å². The first kappa shape index (κ1) is 16.0. The molecule has 2 N–H and O–H groups in total. The Morgan fingerprint density at radius 1 is 1.18 bits per heavy atom. The van der Waals surface area contributed by atoms with E-state index in [1.165, 1.54) is 0 Å². The van der Waals surface area contributed by atoms with Gasteiger partial charge >= 0.3 is 11.9 Å². The molecule has 0 saturated heterocycles. The fraction of sp³-hybridized carbons (Fsp3) is 0.333. The lowest BCUT2D eigenvalue weighted by Crippen LogP contribution is -2.38. The highest BCUT2D eigenvalue weighted by atomic mass is 16.4.